The summed E-state index contributed by atoms with van der Waals surface area (Å²) in [6.45, 7) is 0.416. The predicted octanol–water partition coefficient (Wildman–Crippen LogP) is 4.62. The van der Waals surface area contributed by atoms with E-state index in [1.807, 2.05) is 6.07 Å². The normalized spacial score (nSPS) is 10.0. The molecular formula is C14H9Cl2FN2. The van der Waals surface area contributed by atoms with E-state index in [0.717, 1.165) is 5.56 Å². The Bertz CT molecular complexity index is 650. The van der Waals surface area contributed by atoms with E-state index in [-0.39, 0.29) is 5.02 Å². The van der Waals surface area contributed by atoms with Crippen molar-refractivity contribution in [2.24, 2.45) is 0 Å². The molecule has 0 radical (unpaired) electrons. The van der Waals surface area contributed by atoms with Gasteiger partial charge in [0, 0.05) is 6.54 Å². The zero-order valence-corrected chi connectivity index (χ0v) is 11.3. The summed E-state index contributed by atoms with van der Waals surface area (Å²) in [5, 5.41) is 12.4. The first-order chi connectivity index (χ1) is 9.10. The summed E-state index contributed by atoms with van der Waals surface area (Å²) in [5.74, 6) is -0.452. The van der Waals surface area contributed by atoms with Crippen LogP contribution in [0.3, 0.4) is 0 Å². The SMILES string of the molecule is N#Cc1ccc(NCc2ccc(Cl)c(F)c2)c(Cl)c1. The lowest BCUT2D eigenvalue weighted by molar-refractivity contribution is 0.626. The fraction of sp³-hybridized carbons (Fsp3) is 0.0714. The number of hydrogen-bond donors (Lipinski definition) is 1. The minimum Gasteiger partial charge on any atom is -0.380 e. The van der Waals surface area contributed by atoms with Crippen LogP contribution in [0.2, 0.25) is 10.0 Å². The number of anilines is 1. The molecule has 0 saturated carbocycles. The lowest BCUT2D eigenvalue weighted by atomic mass is 10.2. The van der Waals surface area contributed by atoms with E-state index in [0.29, 0.717) is 22.8 Å². The van der Waals surface area contributed by atoms with Crippen LogP contribution in [-0.2, 0) is 6.54 Å². The van der Waals surface area contributed by atoms with Crippen molar-refractivity contribution in [3.05, 3.63) is 63.4 Å². The summed E-state index contributed by atoms with van der Waals surface area (Å²) in [5.41, 5.74) is 1.94. The Morgan fingerprint density at radius 3 is 2.53 bits per heavy atom. The van der Waals surface area contributed by atoms with Crippen molar-refractivity contribution < 1.29 is 4.39 Å². The van der Waals surface area contributed by atoms with Gasteiger partial charge in [-0.05, 0) is 35.9 Å². The highest BCUT2D eigenvalue weighted by Crippen LogP contribution is 2.24. The van der Waals surface area contributed by atoms with E-state index in [9.17, 15) is 4.39 Å². The zero-order valence-electron chi connectivity index (χ0n) is 9.75. The second kappa shape index (κ2) is 5.92. The molecule has 0 spiro atoms. The quantitative estimate of drug-likeness (QED) is 0.897. The molecule has 0 unspecified atom stereocenters. The number of nitriles is 1. The summed E-state index contributed by atoms with van der Waals surface area (Å²) in [7, 11) is 0. The Morgan fingerprint density at radius 1 is 1.11 bits per heavy atom. The fourth-order valence-corrected chi connectivity index (χ4v) is 1.94. The molecule has 0 aliphatic heterocycles. The molecule has 5 heteroatoms. The number of hydrogen-bond acceptors (Lipinski definition) is 2. The van der Waals surface area contributed by atoms with Crippen LogP contribution in [0.5, 0.6) is 0 Å². The third-order valence-corrected chi connectivity index (χ3v) is 3.18. The third-order valence-electron chi connectivity index (χ3n) is 2.57. The highest BCUT2D eigenvalue weighted by Gasteiger charge is 2.04. The highest BCUT2D eigenvalue weighted by molar-refractivity contribution is 6.33. The average molecular weight is 295 g/mol. The Kier molecular flexibility index (Phi) is 4.26. The third kappa shape index (κ3) is 3.37. The second-order valence-corrected chi connectivity index (χ2v) is 4.72. The van der Waals surface area contributed by atoms with E-state index >= 15 is 0 Å². The molecule has 0 amide bonds. The first-order valence-corrected chi connectivity index (χ1v) is 6.23. The number of nitrogens with one attached hydrogen (secondary N) is 1. The summed E-state index contributed by atoms with van der Waals surface area (Å²) < 4.78 is 13.3. The highest BCUT2D eigenvalue weighted by atomic mass is 35.5. The summed E-state index contributed by atoms with van der Waals surface area (Å²) in [6.07, 6.45) is 0. The van der Waals surface area contributed by atoms with Gasteiger partial charge >= 0.3 is 0 Å². The van der Waals surface area contributed by atoms with Crippen molar-refractivity contribution in [3.8, 4) is 6.07 Å². The molecule has 19 heavy (non-hydrogen) atoms. The molecule has 0 fully saturated rings. The summed E-state index contributed by atoms with van der Waals surface area (Å²) >= 11 is 11.6. The summed E-state index contributed by atoms with van der Waals surface area (Å²) in [4.78, 5) is 0. The Hall–Kier alpha value is -1.76. The lowest BCUT2D eigenvalue weighted by Crippen LogP contribution is -2.00. The van der Waals surface area contributed by atoms with Crippen LogP contribution in [0.1, 0.15) is 11.1 Å². The van der Waals surface area contributed by atoms with Gasteiger partial charge in [-0.2, -0.15) is 5.26 Å². The van der Waals surface area contributed by atoms with E-state index < -0.39 is 5.82 Å². The van der Waals surface area contributed by atoms with E-state index in [1.54, 1.807) is 24.3 Å². The number of rotatable bonds is 3. The standard InChI is InChI=1S/C14H9Cl2FN2/c15-11-3-1-10(6-13(11)17)8-19-14-4-2-9(7-18)5-12(14)16/h1-6,19H,8H2. The van der Waals surface area contributed by atoms with Crippen LogP contribution in [0.15, 0.2) is 36.4 Å². The van der Waals surface area contributed by atoms with Gasteiger partial charge in [-0.15, -0.1) is 0 Å². The van der Waals surface area contributed by atoms with Gasteiger partial charge in [-0.25, -0.2) is 4.39 Å². The molecule has 0 aliphatic carbocycles. The van der Waals surface area contributed by atoms with Crippen LogP contribution >= 0.6 is 23.2 Å². The van der Waals surface area contributed by atoms with E-state index in [2.05, 4.69) is 5.32 Å². The molecule has 1 N–H and O–H groups in total. The van der Waals surface area contributed by atoms with Crippen LogP contribution < -0.4 is 5.32 Å². The molecule has 0 aliphatic rings. The lowest BCUT2D eigenvalue weighted by Gasteiger charge is -2.09. The topological polar surface area (TPSA) is 35.8 Å². The van der Waals surface area contributed by atoms with Crippen LogP contribution in [0.4, 0.5) is 10.1 Å². The number of halogens is 3. The van der Waals surface area contributed by atoms with Crippen molar-refractivity contribution in [3.63, 3.8) is 0 Å². The fourth-order valence-electron chi connectivity index (χ4n) is 1.57. The van der Waals surface area contributed by atoms with Gasteiger partial charge in [0.1, 0.15) is 5.82 Å². The molecule has 96 valence electrons. The molecule has 0 heterocycles. The van der Waals surface area contributed by atoms with Crippen molar-refractivity contribution in [1.29, 1.82) is 5.26 Å². The average Bonchev–Trinajstić information content (AvgIpc) is 2.41. The van der Waals surface area contributed by atoms with Gasteiger partial charge in [0.2, 0.25) is 0 Å². The zero-order chi connectivity index (χ0) is 13.8. The maximum absolute atomic E-state index is 13.3. The minimum atomic E-state index is -0.452. The molecule has 2 aromatic carbocycles. The van der Waals surface area contributed by atoms with Crippen molar-refractivity contribution in [2.75, 3.05) is 5.32 Å². The van der Waals surface area contributed by atoms with Gasteiger partial charge in [0.25, 0.3) is 0 Å². The molecular weight excluding hydrogens is 286 g/mol. The maximum Gasteiger partial charge on any atom is 0.142 e. The molecule has 0 saturated heterocycles. The van der Waals surface area contributed by atoms with Gasteiger partial charge < -0.3 is 5.32 Å². The van der Waals surface area contributed by atoms with Gasteiger partial charge in [-0.1, -0.05) is 29.3 Å². The van der Waals surface area contributed by atoms with Crippen LogP contribution in [0.25, 0.3) is 0 Å². The van der Waals surface area contributed by atoms with Crippen molar-refractivity contribution in [1.82, 2.24) is 0 Å². The van der Waals surface area contributed by atoms with Crippen LogP contribution in [-0.4, -0.2) is 0 Å². The second-order valence-electron chi connectivity index (χ2n) is 3.91. The predicted molar refractivity (Wildman–Crippen MR) is 74.9 cm³/mol. The molecule has 2 nitrogen and oxygen atoms in total. The van der Waals surface area contributed by atoms with Gasteiger partial charge in [0.05, 0.1) is 27.4 Å². The van der Waals surface area contributed by atoms with Crippen LogP contribution in [0, 0.1) is 17.1 Å². The smallest absolute Gasteiger partial charge is 0.142 e. The maximum atomic E-state index is 13.3. The molecule has 0 atom stereocenters. The first kappa shape index (κ1) is 13.7. The van der Waals surface area contributed by atoms with Crippen molar-refractivity contribution in [2.45, 2.75) is 6.54 Å². The number of benzene rings is 2. The monoisotopic (exact) mass is 294 g/mol. The van der Waals surface area contributed by atoms with Crippen molar-refractivity contribution >= 4 is 28.9 Å². The molecule has 2 rings (SSSR count). The molecule has 0 aromatic heterocycles. The largest absolute Gasteiger partial charge is 0.380 e. The Morgan fingerprint density at radius 2 is 1.89 bits per heavy atom. The summed E-state index contributed by atoms with van der Waals surface area (Å²) in [6, 6.07) is 11.6. The minimum absolute atomic E-state index is 0.0974. The molecule has 0 bridgehead atoms. The van der Waals surface area contributed by atoms with E-state index in [1.165, 1.54) is 12.1 Å². The van der Waals surface area contributed by atoms with E-state index in [4.69, 9.17) is 28.5 Å². The molecule has 2 aromatic rings. The number of nitrogens with zero attached hydrogens (tertiary/aromatic N) is 1. The Labute approximate surface area is 120 Å². The van der Waals surface area contributed by atoms with Gasteiger partial charge in [0.15, 0.2) is 0 Å². The van der Waals surface area contributed by atoms with Gasteiger partial charge in [-0.3, -0.25) is 0 Å². The Balaban J connectivity index is 2.10. The first-order valence-electron chi connectivity index (χ1n) is 5.47.